The van der Waals surface area contributed by atoms with E-state index in [1.54, 1.807) is 0 Å². The van der Waals surface area contributed by atoms with Crippen molar-refractivity contribution in [2.75, 3.05) is 0 Å². The number of aliphatic carboxylic acids is 1. The maximum Gasteiger partial charge on any atom is 0.303 e. The molecule has 0 aromatic heterocycles. The molecule has 2 N–H and O–H groups in total. The number of hydrogen-bond acceptors (Lipinski definition) is 2. The molecule has 82 valence electrons. The standard InChI is InChI=1S/C10H10F2O3/c11-8-3-6(1-2-10(14)15)7(5-13)4-9(8)12/h3-4,13H,1-2,5H2,(H,14,15). The zero-order chi connectivity index (χ0) is 11.4. The van der Waals surface area contributed by atoms with Gasteiger partial charge in [0.25, 0.3) is 0 Å². The molecule has 15 heavy (non-hydrogen) atoms. The van der Waals surface area contributed by atoms with Gasteiger partial charge in [-0.05, 0) is 29.7 Å². The van der Waals surface area contributed by atoms with Crippen molar-refractivity contribution in [1.82, 2.24) is 0 Å². The fourth-order valence-electron chi connectivity index (χ4n) is 1.25. The Balaban J connectivity index is 2.94. The average Bonchev–Trinajstić information content (AvgIpc) is 2.19. The van der Waals surface area contributed by atoms with E-state index in [0.29, 0.717) is 5.56 Å². The second-order valence-electron chi connectivity index (χ2n) is 3.09. The highest BCUT2D eigenvalue weighted by molar-refractivity contribution is 5.67. The number of rotatable bonds is 4. The van der Waals surface area contributed by atoms with Crippen molar-refractivity contribution in [3.63, 3.8) is 0 Å². The summed E-state index contributed by atoms with van der Waals surface area (Å²) >= 11 is 0. The fourth-order valence-corrected chi connectivity index (χ4v) is 1.25. The van der Waals surface area contributed by atoms with Crippen LogP contribution in [0.25, 0.3) is 0 Å². The van der Waals surface area contributed by atoms with Gasteiger partial charge >= 0.3 is 5.97 Å². The van der Waals surface area contributed by atoms with Crippen molar-refractivity contribution < 1.29 is 23.8 Å². The molecule has 0 radical (unpaired) electrons. The number of halogens is 2. The lowest BCUT2D eigenvalue weighted by Gasteiger charge is -2.06. The van der Waals surface area contributed by atoms with E-state index in [-0.39, 0.29) is 18.4 Å². The molecule has 0 aliphatic rings. The van der Waals surface area contributed by atoms with Gasteiger partial charge in [0.05, 0.1) is 6.61 Å². The second-order valence-corrected chi connectivity index (χ2v) is 3.09. The molecule has 0 bridgehead atoms. The van der Waals surface area contributed by atoms with E-state index in [2.05, 4.69) is 0 Å². The summed E-state index contributed by atoms with van der Waals surface area (Å²) in [6.45, 7) is -0.438. The first-order valence-electron chi connectivity index (χ1n) is 4.34. The third-order valence-corrected chi connectivity index (χ3v) is 2.02. The summed E-state index contributed by atoms with van der Waals surface area (Å²) in [6, 6.07) is 1.80. The Bertz CT molecular complexity index is 377. The van der Waals surface area contributed by atoms with Gasteiger partial charge in [-0.2, -0.15) is 0 Å². The van der Waals surface area contributed by atoms with Crippen LogP contribution < -0.4 is 0 Å². The number of carboxylic acids is 1. The van der Waals surface area contributed by atoms with Crippen LogP contribution in [-0.2, 0) is 17.8 Å². The van der Waals surface area contributed by atoms with E-state index in [4.69, 9.17) is 10.2 Å². The van der Waals surface area contributed by atoms with E-state index in [9.17, 15) is 13.6 Å². The van der Waals surface area contributed by atoms with Crippen LogP contribution in [0.15, 0.2) is 12.1 Å². The van der Waals surface area contributed by atoms with Gasteiger partial charge in [-0.3, -0.25) is 4.79 Å². The van der Waals surface area contributed by atoms with Crippen LogP contribution in [0.2, 0.25) is 0 Å². The van der Waals surface area contributed by atoms with Gasteiger partial charge < -0.3 is 10.2 Å². The molecule has 1 rings (SSSR count). The molecule has 3 nitrogen and oxygen atoms in total. The third-order valence-electron chi connectivity index (χ3n) is 2.02. The predicted molar refractivity (Wildman–Crippen MR) is 48.2 cm³/mol. The fraction of sp³-hybridized carbons (Fsp3) is 0.300. The SMILES string of the molecule is O=C(O)CCc1cc(F)c(F)cc1CO. The number of carboxylic acid groups (broad SMARTS) is 1. The van der Waals surface area contributed by atoms with E-state index >= 15 is 0 Å². The van der Waals surface area contributed by atoms with E-state index in [0.717, 1.165) is 12.1 Å². The topological polar surface area (TPSA) is 57.5 Å². The Morgan fingerprint density at radius 2 is 1.73 bits per heavy atom. The first kappa shape index (κ1) is 11.6. The minimum atomic E-state index is -1.04. The molecule has 5 heteroatoms. The smallest absolute Gasteiger partial charge is 0.303 e. The molecule has 0 aliphatic carbocycles. The van der Waals surface area contributed by atoms with E-state index in [1.807, 2.05) is 0 Å². The minimum Gasteiger partial charge on any atom is -0.481 e. The normalized spacial score (nSPS) is 10.3. The molecule has 0 saturated carbocycles. The van der Waals surface area contributed by atoms with Crippen LogP contribution in [0.5, 0.6) is 0 Å². The van der Waals surface area contributed by atoms with Crippen LogP contribution in [0.3, 0.4) is 0 Å². The van der Waals surface area contributed by atoms with Crippen molar-refractivity contribution >= 4 is 5.97 Å². The molecular weight excluding hydrogens is 206 g/mol. The Kier molecular flexibility index (Phi) is 3.74. The summed E-state index contributed by atoms with van der Waals surface area (Å²) in [5, 5.41) is 17.3. The Labute approximate surface area is 85.0 Å². The molecule has 0 amide bonds. The zero-order valence-electron chi connectivity index (χ0n) is 7.83. The van der Waals surface area contributed by atoms with Gasteiger partial charge in [0.2, 0.25) is 0 Å². The van der Waals surface area contributed by atoms with Gasteiger partial charge in [-0.15, -0.1) is 0 Å². The molecule has 1 aromatic rings. The van der Waals surface area contributed by atoms with Crippen molar-refractivity contribution in [2.45, 2.75) is 19.4 Å². The minimum absolute atomic E-state index is 0.0719. The number of aliphatic hydroxyl groups excluding tert-OH is 1. The van der Waals surface area contributed by atoms with Gasteiger partial charge in [-0.25, -0.2) is 8.78 Å². The Hall–Kier alpha value is -1.49. The maximum absolute atomic E-state index is 12.8. The van der Waals surface area contributed by atoms with Crippen molar-refractivity contribution in [1.29, 1.82) is 0 Å². The lowest BCUT2D eigenvalue weighted by molar-refractivity contribution is -0.136. The largest absolute Gasteiger partial charge is 0.481 e. The highest BCUT2D eigenvalue weighted by atomic mass is 19.2. The van der Waals surface area contributed by atoms with Crippen molar-refractivity contribution in [3.8, 4) is 0 Å². The number of carbonyl (C=O) groups is 1. The molecule has 0 aliphatic heterocycles. The molecule has 0 saturated heterocycles. The molecule has 0 heterocycles. The highest BCUT2D eigenvalue weighted by Gasteiger charge is 2.10. The van der Waals surface area contributed by atoms with Gasteiger partial charge in [0, 0.05) is 6.42 Å². The number of aryl methyl sites for hydroxylation is 1. The summed E-state index contributed by atoms with van der Waals surface area (Å²) in [7, 11) is 0. The summed E-state index contributed by atoms with van der Waals surface area (Å²) < 4.78 is 25.6. The molecule has 0 spiro atoms. The molecule has 0 atom stereocenters. The van der Waals surface area contributed by atoms with Crippen LogP contribution in [-0.4, -0.2) is 16.2 Å². The second kappa shape index (κ2) is 4.84. The van der Waals surface area contributed by atoms with Gasteiger partial charge in [0.1, 0.15) is 0 Å². The lowest BCUT2D eigenvalue weighted by atomic mass is 10.0. The monoisotopic (exact) mass is 216 g/mol. The number of hydrogen-bond donors (Lipinski definition) is 2. The van der Waals surface area contributed by atoms with Crippen LogP contribution >= 0.6 is 0 Å². The molecule has 0 unspecified atom stereocenters. The average molecular weight is 216 g/mol. The first-order chi connectivity index (χ1) is 7.04. The number of aliphatic hydroxyl groups is 1. The van der Waals surface area contributed by atoms with E-state index in [1.165, 1.54) is 0 Å². The van der Waals surface area contributed by atoms with Crippen molar-refractivity contribution in [2.24, 2.45) is 0 Å². The summed E-state index contributed by atoms with van der Waals surface area (Å²) in [5.74, 6) is -3.10. The van der Waals surface area contributed by atoms with Gasteiger partial charge in [0.15, 0.2) is 11.6 Å². The summed E-state index contributed by atoms with van der Waals surface area (Å²) in [6.07, 6.45) is -0.111. The molecule has 0 fully saturated rings. The predicted octanol–water partition coefficient (Wildman–Crippen LogP) is 1.47. The zero-order valence-corrected chi connectivity index (χ0v) is 7.83. The van der Waals surface area contributed by atoms with Crippen LogP contribution in [0, 0.1) is 11.6 Å². The van der Waals surface area contributed by atoms with Gasteiger partial charge in [-0.1, -0.05) is 0 Å². The lowest BCUT2D eigenvalue weighted by Crippen LogP contribution is -2.02. The van der Waals surface area contributed by atoms with Crippen LogP contribution in [0.1, 0.15) is 17.5 Å². The Morgan fingerprint density at radius 1 is 1.20 bits per heavy atom. The highest BCUT2D eigenvalue weighted by Crippen LogP contribution is 2.16. The molecule has 1 aromatic carbocycles. The van der Waals surface area contributed by atoms with Crippen molar-refractivity contribution in [3.05, 3.63) is 34.9 Å². The quantitative estimate of drug-likeness (QED) is 0.801. The maximum atomic E-state index is 12.8. The Morgan fingerprint density at radius 3 is 2.20 bits per heavy atom. The first-order valence-corrected chi connectivity index (χ1v) is 4.34. The summed E-state index contributed by atoms with van der Waals surface area (Å²) in [5.41, 5.74) is 0.536. The van der Waals surface area contributed by atoms with Crippen LogP contribution in [0.4, 0.5) is 8.78 Å². The molecular formula is C10H10F2O3. The number of benzene rings is 1. The summed E-state index contributed by atoms with van der Waals surface area (Å²) in [4.78, 5) is 10.3. The van der Waals surface area contributed by atoms with E-state index < -0.39 is 24.2 Å². The third kappa shape index (κ3) is 2.99.